The monoisotopic (exact) mass is 342 g/mol. The largest absolute Gasteiger partial charge is 0.329 e. The Balaban J connectivity index is 2.01. The number of nitrogens with zero attached hydrogens (tertiary/aromatic N) is 1. The zero-order valence-corrected chi connectivity index (χ0v) is 14.1. The molecule has 2 rings (SSSR count). The molecule has 0 aromatic heterocycles. The minimum atomic E-state index is -0.422. The second-order valence-electron chi connectivity index (χ2n) is 5.65. The summed E-state index contributed by atoms with van der Waals surface area (Å²) in [5, 5.41) is 2.66. The van der Waals surface area contributed by atoms with Crippen molar-refractivity contribution < 1.29 is 18.8 Å². The van der Waals surface area contributed by atoms with E-state index in [1.165, 1.54) is 24.8 Å². The van der Waals surface area contributed by atoms with Gasteiger partial charge in [0.1, 0.15) is 12.4 Å². The Hall–Kier alpha value is -3.02. The van der Waals surface area contributed by atoms with Crippen molar-refractivity contribution in [3.8, 4) is 0 Å². The van der Waals surface area contributed by atoms with Gasteiger partial charge in [-0.2, -0.15) is 0 Å². The van der Waals surface area contributed by atoms with E-state index in [9.17, 15) is 18.8 Å². The average molecular weight is 342 g/mol. The van der Waals surface area contributed by atoms with E-state index in [0.717, 1.165) is 0 Å². The van der Waals surface area contributed by atoms with Crippen LogP contribution in [0.25, 0.3) is 0 Å². The second-order valence-corrected chi connectivity index (χ2v) is 5.65. The van der Waals surface area contributed by atoms with Crippen LogP contribution in [0.2, 0.25) is 0 Å². The van der Waals surface area contributed by atoms with Gasteiger partial charge in [0.25, 0.3) is 0 Å². The third kappa shape index (κ3) is 5.24. The third-order valence-corrected chi connectivity index (χ3v) is 3.67. The van der Waals surface area contributed by atoms with Crippen LogP contribution >= 0.6 is 0 Å². The Bertz CT molecular complexity index is 788. The lowest BCUT2D eigenvalue weighted by atomic mass is 10.1. The van der Waals surface area contributed by atoms with Crippen molar-refractivity contribution in [2.45, 2.75) is 20.4 Å². The molecule has 2 amide bonds. The lowest BCUT2D eigenvalue weighted by Crippen LogP contribution is -2.36. The van der Waals surface area contributed by atoms with Crippen molar-refractivity contribution in [3.63, 3.8) is 0 Å². The van der Waals surface area contributed by atoms with Crippen LogP contribution in [-0.2, 0) is 16.1 Å². The first-order valence-corrected chi connectivity index (χ1v) is 7.76. The lowest BCUT2D eigenvalue weighted by molar-refractivity contribution is -0.133. The highest BCUT2D eigenvalue weighted by atomic mass is 19.1. The molecular weight excluding hydrogens is 323 g/mol. The van der Waals surface area contributed by atoms with E-state index < -0.39 is 11.7 Å². The normalized spacial score (nSPS) is 10.2. The number of amides is 2. The van der Waals surface area contributed by atoms with Crippen LogP contribution in [0.3, 0.4) is 0 Å². The molecule has 0 aliphatic rings. The number of carbonyl (C=O) groups excluding carboxylic acids is 3. The van der Waals surface area contributed by atoms with E-state index in [4.69, 9.17) is 0 Å². The van der Waals surface area contributed by atoms with Crippen LogP contribution in [0, 0.1) is 5.82 Å². The van der Waals surface area contributed by atoms with Gasteiger partial charge in [-0.1, -0.05) is 18.2 Å². The molecule has 0 heterocycles. The zero-order chi connectivity index (χ0) is 18.4. The maximum Gasteiger partial charge on any atom is 0.244 e. The van der Waals surface area contributed by atoms with Crippen LogP contribution in [0.15, 0.2) is 48.5 Å². The smallest absolute Gasteiger partial charge is 0.244 e. The lowest BCUT2D eigenvalue weighted by Gasteiger charge is -2.21. The fourth-order valence-corrected chi connectivity index (χ4v) is 2.27. The topological polar surface area (TPSA) is 66.5 Å². The number of ketones is 1. The summed E-state index contributed by atoms with van der Waals surface area (Å²) in [5.41, 5.74) is 1.41. The molecule has 25 heavy (non-hydrogen) atoms. The first-order chi connectivity index (χ1) is 11.9. The quantitative estimate of drug-likeness (QED) is 0.821. The van der Waals surface area contributed by atoms with Crippen LogP contribution in [0.4, 0.5) is 10.1 Å². The maximum atomic E-state index is 13.7. The van der Waals surface area contributed by atoms with Crippen molar-refractivity contribution >= 4 is 23.3 Å². The number of hydrogen-bond donors (Lipinski definition) is 1. The highest BCUT2D eigenvalue weighted by molar-refractivity contribution is 5.96. The number of halogens is 1. The fourth-order valence-electron chi connectivity index (χ4n) is 2.27. The standard InChI is InChI=1S/C19H19FN2O3/c1-13(23)15-7-9-17(10-8-15)21-19(25)12-22(14(2)24)11-16-5-3-4-6-18(16)20/h3-10H,11-12H2,1-2H3,(H,21,25). The molecular formula is C19H19FN2O3. The minimum absolute atomic E-state index is 0.0126. The number of carbonyl (C=O) groups is 3. The average Bonchev–Trinajstić information content (AvgIpc) is 2.56. The van der Waals surface area contributed by atoms with Gasteiger partial charge < -0.3 is 10.2 Å². The molecule has 6 heteroatoms. The van der Waals surface area contributed by atoms with E-state index in [1.807, 2.05) is 0 Å². The van der Waals surface area contributed by atoms with Crippen LogP contribution in [0.1, 0.15) is 29.8 Å². The summed E-state index contributed by atoms with van der Waals surface area (Å²) in [6.45, 7) is 2.60. The van der Waals surface area contributed by atoms with Crippen LogP contribution in [0.5, 0.6) is 0 Å². The van der Waals surface area contributed by atoms with Crippen molar-refractivity contribution in [3.05, 3.63) is 65.5 Å². The number of nitrogens with one attached hydrogen (secondary N) is 1. The van der Waals surface area contributed by atoms with Crippen molar-refractivity contribution in [1.29, 1.82) is 0 Å². The fraction of sp³-hybridized carbons (Fsp3) is 0.211. The number of hydrogen-bond acceptors (Lipinski definition) is 3. The van der Waals surface area contributed by atoms with Gasteiger partial charge in [0.15, 0.2) is 5.78 Å². The van der Waals surface area contributed by atoms with Gasteiger partial charge in [0.2, 0.25) is 11.8 Å². The predicted molar refractivity (Wildman–Crippen MR) is 92.6 cm³/mol. The van der Waals surface area contributed by atoms with Crippen molar-refractivity contribution in [2.24, 2.45) is 0 Å². The van der Waals surface area contributed by atoms with Gasteiger partial charge in [0.05, 0.1) is 0 Å². The Labute approximate surface area is 145 Å². The molecule has 130 valence electrons. The number of benzene rings is 2. The summed E-state index contributed by atoms with van der Waals surface area (Å²) in [5.74, 6) is -1.22. The number of Topliss-reactive ketones (excluding diaryl/α,β-unsaturated/α-hetero) is 1. The van der Waals surface area contributed by atoms with Crippen LogP contribution < -0.4 is 5.32 Å². The summed E-state index contributed by atoms with van der Waals surface area (Å²) < 4.78 is 13.7. The van der Waals surface area contributed by atoms with Gasteiger partial charge >= 0.3 is 0 Å². The number of rotatable bonds is 6. The maximum absolute atomic E-state index is 13.7. The highest BCUT2D eigenvalue weighted by Gasteiger charge is 2.16. The molecule has 0 aliphatic carbocycles. The first-order valence-electron chi connectivity index (χ1n) is 7.76. The molecule has 2 aromatic carbocycles. The third-order valence-electron chi connectivity index (χ3n) is 3.67. The Morgan fingerprint density at radius 1 is 1.00 bits per heavy atom. The number of anilines is 1. The van der Waals surface area contributed by atoms with Crippen LogP contribution in [-0.4, -0.2) is 29.0 Å². The van der Waals surface area contributed by atoms with Gasteiger partial charge in [0, 0.05) is 30.3 Å². The van der Waals surface area contributed by atoms with Gasteiger partial charge in [-0.3, -0.25) is 14.4 Å². The SMILES string of the molecule is CC(=O)c1ccc(NC(=O)CN(Cc2ccccc2F)C(C)=O)cc1. The van der Waals surface area contributed by atoms with Gasteiger partial charge in [-0.05, 0) is 37.3 Å². The predicted octanol–water partition coefficient (Wildman–Crippen LogP) is 3.02. The molecule has 0 bridgehead atoms. The van der Waals surface area contributed by atoms with E-state index in [0.29, 0.717) is 16.8 Å². The minimum Gasteiger partial charge on any atom is -0.329 e. The summed E-state index contributed by atoms with van der Waals surface area (Å²) in [6, 6.07) is 12.6. The molecule has 2 aromatic rings. The van der Waals surface area contributed by atoms with Crippen molar-refractivity contribution in [1.82, 2.24) is 4.90 Å². The Morgan fingerprint density at radius 3 is 2.20 bits per heavy atom. The van der Waals surface area contributed by atoms with E-state index in [-0.39, 0.29) is 24.8 Å². The molecule has 0 atom stereocenters. The molecule has 0 aliphatic heterocycles. The molecule has 0 saturated carbocycles. The van der Waals surface area contributed by atoms with Gasteiger partial charge in [-0.15, -0.1) is 0 Å². The molecule has 0 radical (unpaired) electrons. The molecule has 0 fully saturated rings. The molecule has 0 spiro atoms. The Morgan fingerprint density at radius 2 is 1.64 bits per heavy atom. The van der Waals surface area contributed by atoms with E-state index >= 15 is 0 Å². The van der Waals surface area contributed by atoms with Gasteiger partial charge in [-0.25, -0.2) is 4.39 Å². The molecule has 1 N–H and O–H groups in total. The highest BCUT2D eigenvalue weighted by Crippen LogP contribution is 2.12. The van der Waals surface area contributed by atoms with E-state index in [2.05, 4.69) is 5.32 Å². The molecule has 5 nitrogen and oxygen atoms in total. The van der Waals surface area contributed by atoms with Crippen molar-refractivity contribution in [2.75, 3.05) is 11.9 Å². The zero-order valence-electron chi connectivity index (χ0n) is 14.1. The summed E-state index contributed by atoms with van der Waals surface area (Å²) in [6.07, 6.45) is 0. The van der Waals surface area contributed by atoms with E-state index in [1.54, 1.807) is 42.5 Å². The first kappa shape index (κ1) is 18.3. The summed E-state index contributed by atoms with van der Waals surface area (Å²) >= 11 is 0. The molecule has 0 unspecified atom stereocenters. The Kier molecular flexibility index (Phi) is 6.00. The second kappa shape index (κ2) is 8.19. The summed E-state index contributed by atoms with van der Waals surface area (Å²) in [7, 11) is 0. The summed E-state index contributed by atoms with van der Waals surface area (Å²) in [4.78, 5) is 36.4. The molecule has 0 saturated heterocycles.